The molecular formula is C38H46N4O7. The number of fused-ring (bicyclic) bond motifs is 2. The SMILES string of the molecule is CCN(CC)c1ccc(N2C/C=C\CCC(=O)N[C@@H](C)[C@H](c3ccccc3)OC(=O)[C@@H]3[C@H]4C(=O)N(CCCO)[C@H](C2=O)[C@]42C=C[C@H]3O2)cc1. The van der Waals surface area contributed by atoms with Crippen LogP contribution in [0.2, 0.25) is 0 Å². The number of nitrogens with one attached hydrogen (secondary N) is 1. The highest BCUT2D eigenvalue weighted by Crippen LogP contribution is 2.56. The molecule has 6 rings (SSSR count). The van der Waals surface area contributed by atoms with Crippen LogP contribution in [0.4, 0.5) is 11.4 Å². The first kappa shape index (κ1) is 34.4. The minimum Gasteiger partial charge on any atom is -0.455 e. The van der Waals surface area contributed by atoms with Crippen LogP contribution in [-0.4, -0.2) is 90.3 Å². The number of benzene rings is 2. The zero-order valence-electron chi connectivity index (χ0n) is 28.4. The van der Waals surface area contributed by atoms with E-state index in [0.717, 1.165) is 18.8 Å². The topological polar surface area (TPSA) is 129 Å². The van der Waals surface area contributed by atoms with E-state index in [9.17, 15) is 24.3 Å². The van der Waals surface area contributed by atoms with Crippen molar-refractivity contribution in [1.29, 1.82) is 0 Å². The lowest BCUT2D eigenvalue weighted by atomic mass is 9.74. The monoisotopic (exact) mass is 670 g/mol. The van der Waals surface area contributed by atoms with Gasteiger partial charge in [0, 0.05) is 50.6 Å². The third-order valence-corrected chi connectivity index (χ3v) is 10.2. The summed E-state index contributed by atoms with van der Waals surface area (Å²) in [6, 6.07) is 15.3. The maximum Gasteiger partial charge on any atom is 0.313 e. The Morgan fingerprint density at radius 1 is 0.980 bits per heavy atom. The molecule has 2 N–H and O–H groups in total. The van der Waals surface area contributed by atoms with Crippen molar-refractivity contribution in [1.82, 2.24) is 10.2 Å². The molecule has 7 atom stereocenters. The summed E-state index contributed by atoms with van der Waals surface area (Å²) in [6.45, 7) is 7.77. The number of hydrogen-bond acceptors (Lipinski definition) is 8. The molecule has 49 heavy (non-hydrogen) atoms. The van der Waals surface area contributed by atoms with Gasteiger partial charge in [-0.3, -0.25) is 19.2 Å². The lowest BCUT2D eigenvalue weighted by molar-refractivity contribution is -0.161. The summed E-state index contributed by atoms with van der Waals surface area (Å²) in [4.78, 5) is 61.9. The molecule has 2 aromatic carbocycles. The van der Waals surface area contributed by atoms with E-state index >= 15 is 0 Å². The number of aliphatic hydroxyl groups is 1. The standard InChI is InChI=1S/C38H46N4O7/c1-4-40(5-2)27-16-18-28(19-17-27)41-22-11-7-10-15-30(44)39-25(3)33(26-13-8-6-9-14-26)48-37(47)31-29-20-21-38(49-29)32(31)35(45)42(23-12-24-43)34(38)36(41)46/h6-9,11,13-14,16-21,25,29,31-34,43H,4-5,10,12,15,22-24H2,1-3H3,(H,39,44)/b11-7-/t25-,29+,31-,32-,33+,34+,38-/m0/s1. The number of cyclic esters (lactones) is 1. The van der Waals surface area contributed by atoms with Gasteiger partial charge in [0.05, 0.1) is 18.1 Å². The fourth-order valence-corrected chi connectivity index (χ4v) is 7.82. The third-order valence-electron chi connectivity index (χ3n) is 10.2. The predicted octanol–water partition coefficient (Wildman–Crippen LogP) is 3.54. The van der Waals surface area contributed by atoms with E-state index in [1.165, 1.54) is 4.90 Å². The normalized spacial score (nSPS) is 30.7. The van der Waals surface area contributed by atoms with Gasteiger partial charge in [-0.15, -0.1) is 0 Å². The average molecular weight is 671 g/mol. The molecule has 0 aliphatic carbocycles. The largest absolute Gasteiger partial charge is 0.455 e. The number of carbonyl (C=O) groups excluding carboxylic acids is 4. The first-order chi connectivity index (χ1) is 23.7. The first-order valence-corrected chi connectivity index (χ1v) is 17.4. The zero-order chi connectivity index (χ0) is 34.7. The van der Waals surface area contributed by atoms with Crippen LogP contribution in [0, 0.1) is 11.8 Å². The van der Waals surface area contributed by atoms with Gasteiger partial charge in [0.25, 0.3) is 5.91 Å². The number of nitrogens with zero attached hydrogens (tertiary/aromatic N) is 3. The van der Waals surface area contributed by atoms with Crippen LogP contribution in [-0.2, 0) is 28.7 Å². The highest BCUT2D eigenvalue weighted by molar-refractivity contribution is 6.05. The second-order valence-electron chi connectivity index (χ2n) is 13.1. The summed E-state index contributed by atoms with van der Waals surface area (Å²) in [5.41, 5.74) is 0.978. The molecule has 5 bridgehead atoms. The van der Waals surface area contributed by atoms with Gasteiger partial charge in [0.1, 0.15) is 23.7 Å². The molecule has 260 valence electrons. The molecule has 11 heteroatoms. The summed E-state index contributed by atoms with van der Waals surface area (Å²) in [5.74, 6) is -3.56. The quantitative estimate of drug-likeness (QED) is 0.323. The summed E-state index contributed by atoms with van der Waals surface area (Å²) < 4.78 is 12.7. The summed E-state index contributed by atoms with van der Waals surface area (Å²) in [7, 11) is 0. The summed E-state index contributed by atoms with van der Waals surface area (Å²) in [6.07, 6.45) is 6.58. The van der Waals surface area contributed by atoms with E-state index in [0.29, 0.717) is 17.7 Å². The van der Waals surface area contributed by atoms with Crippen LogP contribution in [0.25, 0.3) is 0 Å². The smallest absolute Gasteiger partial charge is 0.313 e. The molecule has 4 heterocycles. The Morgan fingerprint density at radius 3 is 2.41 bits per heavy atom. The Kier molecular flexibility index (Phi) is 10.2. The maximum atomic E-state index is 14.9. The van der Waals surface area contributed by atoms with E-state index in [-0.39, 0.29) is 50.3 Å². The first-order valence-electron chi connectivity index (χ1n) is 17.4. The molecule has 0 aromatic heterocycles. The van der Waals surface area contributed by atoms with Gasteiger partial charge in [-0.25, -0.2) is 0 Å². The van der Waals surface area contributed by atoms with Gasteiger partial charge in [-0.1, -0.05) is 54.6 Å². The van der Waals surface area contributed by atoms with E-state index in [4.69, 9.17) is 9.47 Å². The average Bonchev–Trinajstić information content (AvgIpc) is 3.75. The lowest BCUT2D eigenvalue weighted by Crippen LogP contribution is -2.56. The highest BCUT2D eigenvalue weighted by Gasteiger charge is 2.73. The van der Waals surface area contributed by atoms with Crippen LogP contribution in [0.3, 0.4) is 0 Å². The van der Waals surface area contributed by atoms with Crippen molar-refractivity contribution in [3.8, 4) is 0 Å². The molecule has 4 aliphatic rings. The van der Waals surface area contributed by atoms with Gasteiger partial charge in [0.15, 0.2) is 0 Å². The molecule has 0 unspecified atom stereocenters. The number of rotatable bonds is 8. The Hall–Kier alpha value is -4.48. The predicted molar refractivity (Wildman–Crippen MR) is 185 cm³/mol. The van der Waals surface area contributed by atoms with Gasteiger partial charge < -0.3 is 34.6 Å². The van der Waals surface area contributed by atoms with Crippen LogP contribution in [0.5, 0.6) is 0 Å². The number of amides is 3. The molecule has 2 aromatic rings. The maximum absolute atomic E-state index is 14.9. The fraction of sp³-hybridized carbons (Fsp3) is 0.474. The van der Waals surface area contributed by atoms with Crippen molar-refractivity contribution in [2.45, 2.75) is 69.9 Å². The number of hydrogen-bond donors (Lipinski definition) is 2. The van der Waals surface area contributed by atoms with Crippen molar-refractivity contribution in [2.75, 3.05) is 42.6 Å². The fourth-order valence-electron chi connectivity index (χ4n) is 7.82. The van der Waals surface area contributed by atoms with Crippen molar-refractivity contribution in [3.63, 3.8) is 0 Å². The van der Waals surface area contributed by atoms with Gasteiger partial charge in [-0.2, -0.15) is 0 Å². The number of anilines is 2. The van der Waals surface area contributed by atoms with Crippen molar-refractivity contribution in [3.05, 3.63) is 84.5 Å². The Bertz CT molecular complexity index is 1590. The number of esters is 1. The molecular weight excluding hydrogens is 624 g/mol. The van der Waals surface area contributed by atoms with Gasteiger partial charge in [0.2, 0.25) is 11.8 Å². The number of aliphatic hydroxyl groups excluding tert-OH is 1. The molecule has 0 saturated carbocycles. The van der Waals surface area contributed by atoms with Crippen LogP contribution < -0.4 is 15.1 Å². The third kappa shape index (κ3) is 6.37. The summed E-state index contributed by atoms with van der Waals surface area (Å²) in [5, 5.41) is 12.8. The minimum absolute atomic E-state index is 0.119. The van der Waals surface area contributed by atoms with E-state index in [2.05, 4.69) is 24.1 Å². The molecule has 2 saturated heterocycles. The highest BCUT2D eigenvalue weighted by atomic mass is 16.6. The Labute approximate surface area is 287 Å². The van der Waals surface area contributed by atoms with Gasteiger partial charge >= 0.3 is 5.97 Å². The van der Waals surface area contributed by atoms with E-state index < -0.39 is 47.7 Å². The van der Waals surface area contributed by atoms with E-state index in [1.807, 2.05) is 66.7 Å². The number of ether oxygens (including phenoxy) is 2. The molecule has 11 nitrogen and oxygen atoms in total. The minimum atomic E-state index is -1.39. The molecule has 4 aliphatic heterocycles. The number of carbonyl (C=O) groups is 4. The van der Waals surface area contributed by atoms with Gasteiger partial charge in [-0.05, 0) is 63.4 Å². The van der Waals surface area contributed by atoms with Crippen LogP contribution in [0.15, 0.2) is 78.9 Å². The second-order valence-corrected chi connectivity index (χ2v) is 13.1. The van der Waals surface area contributed by atoms with Crippen molar-refractivity contribution >= 4 is 35.1 Å². The zero-order valence-corrected chi connectivity index (χ0v) is 28.4. The van der Waals surface area contributed by atoms with Crippen LogP contribution in [0.1, 0.15) is 51.7 Å². The second kappa shape index (κ2) is 14.6. The lowest BCUT2D eigenvalue weighted by Gasteiger charge is -2.36. The molecule has 3 amide bonds. The molecule has 0 radical (unpaired) electrons. The number of allylic oxidation sites excluding steroid dienone is 1. The summed E-state index contributed by atoms with van der Waals surface area (Å²) >= 11 is 0. The van der Waals surface area contributed by atoms with E-state index in [1.54, 1.807) is 24.0 Å². The Morgan fingerprint density at radius 2 is 1.71 bits per heavy atom. The molecule has 1 spiro atoms. The Balaban J connectivity index is 1.42. The van der Waals surface area contributed by atoms with Crippen molar-refractivity contribution in [2.24, 2.45) is 11.8 Å². The molecule has 2 fully saturated rings. The number of likely N-dealkylation sites (tertiary alicyclic amines) is 1. The van der Waals surface area contributed by atoms with Crippen molar-refractivity contribution < 1.29 is 33.8 Å². The van der Waals surface area contributed by atoms with Crippen LogP contribution >= 0.6 is 0 Å².